The zero-order valence-corrected chi connectivity index (χ0v) is 16.3. The molecule has 0 atom stereocenters. The van der Waals surface area contributed by atoms with E-state index in [0.29, 0.717) is 6.07 Å². The van der Waals surface area contributed by atoms with Gasteiger partial charge < -0.3 is 20.1 Å². The molecule has 8 nitrogen and oxygen atoms in total. The van der Waals surface area contributed by atoms with Crippen molar-refractivity contribution in [2.24, 2.45) is 0 Å². The second-order valence-electron chi connectivity index (χ2n) is 6.37. The number of rotatable bonds is 5. The number of nitrogens with zero attached hydrogens (tertiary/aromatic N) is 1. The highest BCUT2D eigenvalue weighted by molar-refractivity contribution is 7.85. The quantitative estimate of drug-likeness (QED) is 0.479. The van der Waals surface area contributed by atoms with Crippen LogP contribution in [0, 0.1) is 0 Å². The molecule has 0 amide bonds. The van der Waals surface area contributed by atoms with Crippen LogP contribution in [-0.2, 0) is 16.5 Å². The average molecular weight is 406 g/mol. The summed E-state index contributed by atoms with van der Waals surface area (Å²) in [4.78, 5) is 15.4. The highest BCUT2D eigenvalue weighted by Gasteiger charge is 2.16. The van der Waals surface area contributed by atoms with Crippen LogP contribution in [0.5, 0.6) is 5.75 Å². The molecule has 0 aliphatic rings. The van der Waals surface area contributed by atoms with Crippen LogP contribution in [0.15, 0.2) is 53.6 Å². The molecule has 1 aromatic heterocycles. The van der Waals surface area contributed by atoms with E-state index in [2.05, 4.69) is 54.4 Å². The van der Waals surface area contributed by atoms with Gasteiger partial charge in [-0.25, -0.2) is 4.79 Å². The van der Waals surface area contributed by atoms with Gasteiger partial charge in [-0.05, 0) is 50.3 Å². The molecule has 0 saturated heterocycles. The summed E-state index contributed by atoms with van der Waals surface area (Å²) in [7, 11) is -0.238. The van der Waals surface area contributed by atoms with Crippen LogP contribution in [-0.4, -0.2) is 59.7 Å². The number of aromatic amines is 1. The normalized spacial score (nSPS) is 11.3. The van der Waals surface area contributed by atoms with E-state index in [0.717, 1.165) is 25.1 Å². The fourth-order valence-electron chi connectivity index (χ4n) is 2.53. The molecular weight excluding hydrogens is 384 g/mol. The largest absolute Gasteiger partial charge is 0.507 e. The van der Waals surface area contributed by atoms with Gasteiger partial charge in [-0.15, -0.1) is 0 Å². The molecule has 0 spiro atoms. The second-order valence-corrected chi connectivity index (χ2v) is 7.79. The van der Waals surface area contributed by atoms with Crippen molar-refractivity contribution in [3.05, 3.63) is 59.8 Å². The van der Waals surface area contributed by atoms with Crippen LogP contribution in [0.4, 0.5) is 0 Å². The standard InChI is InChI=1S/C12H16N2.C7H6O6S/c1-14(2)8-7-10-9-13-12-6-4-3-5-11(10)12;8-6-2-1-4(14(11,12)13)3-5(6)7(9)10/h3-6,9,13H,7-8H2,1-2H3;1-3,8H,(H,9,10)(H,11,12,13). The minimum atomic E-state index is -4.45. The Morgan fingerprint density at radius 1 is 1.14 bits per heavy atom. The Morgan fingerprint density at radius 3 is 2.43 bits per heavy atom. The minimum absolute atomic E-state index is 0.565. The lowest BCUT2D eigenvalue weighted by Crippen LogP contribution is -2.14. The molecule has 28 heavy (non-hydrogen) atoms. The Morgan fingerprint density at radius 2 is 1.82 bits per heavy atom. The highest BCUT2D eigenvalue weighted by Crippen LogP contribution is 2.21. The predicted molar refractivity (Wildman–Crippen MR) is 105 cm³/mol. The SMILES string of the molecule is CN(C)CCc1c[nH]c2ccccc12.O=C(O)c1cc(S(=O)(=O)O)ccc1O. The number of hydrogen-bond acceptors (Lipinski definition) is 5. The Labute approximate surface area is 162 Å². The molecule has 0 unspecified atom stereocenters. The molecule has 150 valence electrons. The fourth-order valence-corrected chi connectivity index (χ4v) is 3.04. The molecule has 0 bridgehead atoms. The van der Waals surface area contributed by atoms with Gasteiger partial charge in [0.15, 0.2) is 0 Å². The van der Waals surface area contributed by atoms with Crippen molar-refractivity contribution in [2.45, 2.75) is 11.3 Å². The van der Waals surface area contributed by atoms with Crippen LogP contribution in [0.2, 0.25) is 0 Å². The first-order chi connectivity index (χ1) is 13.1. The number of carbonyl (C=O) groups is 1. The smallest absolute Gasteiger partial charge is 0.339 e. The molecule has 0 saturated carbocycles. The lowest BCUT2D eigenvalue weighted by atomic mass is 10.1. The first-order valence-electron chi connectivity index (χ1n) is 8.33. The summed E-state index contributed by atoms with van der Waals surface area (Å²) in [5, 5.41) is 18.9. The number of carboxylic acid groups (broad SMARTS) is 1. The van der Waals surface area contributed by atoms with Crippen molar-refractivity contribution in [1.82, 2.24) is 9.88 Å². The molecule has 0 radical (unpaired) electrons. The van der Waals surface area contributed by atoms with Gasteiger partial charge in [-0.1, -0.05) is 18.2 Å². The number of carboxylic acids is 1. The Bertz CT molecular complexity index is 1070. The maximum absolute atomic E-state index is 10.6. The first kappa shape index (κ1) is 21.4. The summed E-state index contributed by atoms with van der Waals surface area (Å²) in [6.07, 6.45) is 3.23. The van der Waals surface area contributed by atoms with Gasteiger partial charge in [0.05, 0.1) is 4.90 Å². The summed E-state index contributed by atoms with van der Waals surface area (Å²) in [5.74, 6) is -2.04. The number of hydrogen-bond donors (Lipinski definition) is 4. The van der Waals surface area contributed by atoms with E-state index >= 15 is 0 Å². The number of para-hydroxylation sites is 1. The van der Waals surface area contributed by atoms with E-state index in [1.807, 2.05) is 0 Å². The van der Waals surface area contributed by atoms with E-state index in [1.54, 1.807) is 0 Å². The monoisotopic (exact) mass is 406 g/mol. The van der Waals surface area contributed by atoms with Crippen LogP contribution < -0.4 is 0 Å². The molecule has 0 aliphatic carbocycles. The number of phenols is 1. The van der Waals surface area contributed by atoms with Crippen LogP contribution in [0.3, 0.4) is 0 Å². The van der Waals surface area contributed by atoms with Gasteiger partial charge in [0, 0.05) is 23.6 Å². The zero-order valence-electron chi connectivity index (χ0n) is 15.5. The van der Waals surface area contributed by atoms with Crippen molar-refractivity contribution < 1.29 is 28.0 Å². The first-order valence-corrected chi connectivity index (χ1v) is 9.77. The third-order valence-electron chi connectivity index (χ3n) is 4.00. The lowest BCUT2D eigenvalue weighted by molar-refractivity contribution is 0.0693. The lowest BCUT2D eigenvalue weighted by Gasteiger charge is -2.07. The summed E-state index contributed by atoms with van der Waals surface area (Å²) >= 11 is 0. The van der Waals surface area contributed by atoms with Gasteiger partial charge in [0.25, 0.3) is 10.1 Å². The number of benzene rings is 2. The molecule has 3 aromatic rings. The summed E-state index contributed by atoms with van der Waals surface area (Å²) in [5.41, 5.74) is 2.07. The number of aromatic hydroxyl groups is 1. The summed E-state index contributed by atoms with van der Waals surface area (Å²) < 4.78 is 29.8. The average Bonchev–Trinajstić information content (AvgIpc) is 3.03. The number of aromatic nitrogens is 1. The Hall–Kier alpha value is -2.88. The molecule has 9 heteroatoms. The van der Waals surface area contributed by atoms with E-state index in [-0.39, 0.29) is 0 Å². The van der Waals surface area contributed by atoms with Crippen LogP contribution in [0.25, 0.3) is 10.9 Å². The van der Waals surface area contributed by atoms with E-state index < -0.39 is 32.3 Å². The van der Waals surface area contributed by atoms with Gasteiger partial charge in [0.1, 0.15) is 11.3 Å². The van der Waals surface area contributed by atoms with E-state index in [4.69, 9.17) is 14.8 Å². The number of nitrogens with one attached hydrogen (secondary N) is 1. The molecule has 2 aromatic carbocycles. The van der Waals surface area contributed by atoms with Gasteiger partial charge in [0.2, 0.25) is 0 Å². The molecule has 4 N–H and O–H groups in total. The molecule has 1 heterocycles. The summed E-state index contributed by atoms with van der Waals surface area (Å²) in [6, 6.07) is 10.9. The van der Waals surface area contributed by atoms with Gasteiger partial charge in [-0.2, -0.15) is 8.42 Å². The van der Waals surface area contributed by atoms with E-state index in [9.17, 15) is 13.2 Å². The fraction of sp³-hybridized carbons (Fsp3) is 0.211. The Kier molecular flexibility index (Phi) is 6.79. The van der Waals surface area contributed by atoms with Crippen LogP contribution >= 0.6 is 0 Å². The third kappa shape index (κ3) is 5.56. The maximum Gasteiger partial charge on any atom is 0.339 e. The van der Waals surface area contributed by atoms with Crippen molar-refractivity contribution in [3.8, 4) is 5.75 Å². The number of H-pyrrole nitrogens is 1. The van der Waals surface area contributed by atoms with Crippen molar-refractivity contribution in [2.75, 3.05) is 20.6 Å². The topological polar surface area (TPSA) is 131 Å². The molecular formula is C19H22N2O6S. The molecule has 3 rings (SSSR count). The van der Waals surface area contributed by atoms with E-state index in [1.165, 1.54) is 16.5 Å². The minimum Gasteiger partial charge on any atom is -0.507 e. The van der Waals surface area contributed by atoms with Crippen molar-refractivity contribution >= 4 is 27.0 Å². The highest BCUT2D eigenvalue weighted by atomic mass is 32.2. The third-order valence-corrected chi connectivity index (χ3v) is 4.85. The number of aromatic carboxylic acids is 1. The second kappa shape index (κ2) is 8.87. The number of likely N-dealkylation sites (N-methyl/N-ethyl adjacent to an activating group) is 1. The summed E-state index contributed by atoms with van der Waals surface area (Å²) in [6.45, 7) is 1.10. The van der Waals surface area contributed by atoms with Gasteiger partial charge in [-0.3, -0.25) is 4.55 Å². The zero-order chi connectivity index (χ0) is 20.9. The maximum atomic E-state index is 10.6. The number of fused-ring (bicyclic) bond motifs is 1. The predicted octanol–water partition coefficient (Wildman–Crippen LogP) is 2.61. The van der Waals surface area contributed by atoms with Crippen molar-refractivity contribution in [1.29, 1.82) is 0 Å². The Balaban J connectivity index is 0.000000200. The van der Waals surface area contributed by atoms with Crippen molar-refractivity contribution in [3.63, 3.8) is 0 Å². The van der Waals surface area contributed by atoms with Crippen LogP contribution in [0.1, 0.15) is 15.9 Å². The molecule has 0 aliphatic heterocycles. The van der Waals surface area contributed by atoms with Gasteiger partial charge >= 0.3 is 5.97 Å². The molecule has 0 fully saturated rings.